The Morgan fingerprint density at radius 3 is 2.77 bits per heavy atom. The van der Waals surface area contributed by atoms with E-state index in [0.29, 0.717) is 12.1 Å². The summed E-state index contributed by atoms with van der Waals surface area (Å²) in [5, 5.41) is 3.42. The summed E-state index contributed by atoms with van der Waals surface area (Å²) in [4.78, 5) is 2.63. The largest absolute Gasteiger partial charge is 0.381 e. The Bertz CT molecular complexity index is 168. The Morgan fingerprint density at radius 2 is 2.15 bits per heavy atom. The van der Waals surface area contributed by atoms with Crippen LogP contribution in [0.15, 0.2) is 0 Å². The summed E-state index contributed by atoms with van der Waals surface area (Å²) in [6.45, 7) is 5.82. The molecule has 0 amide bonds. The van der Waals surface area contributed by atoms with Crippen molar-refractivity contribution in [3.63, 3.8) is 0 Å². The normalized spacial score (nSPS) is 41.5. The minimum absolute atomic E-state index is 0.534. The first kappa shape index (κ1) is 9.44. The zero-order chi connectivity index (χ0) is 9.26. The van der Waals surface area contributed by atoms with Crippen LogP contribution in [-0.2, 0) is 4.74 Å². The lowest BCUT2D eigenvalue weighted by molar-refractivity contribution is -0.0434. The molecule has 76 valence electrons. The Morgan fingerprint density at radius 1 is 1.38 bits per heavy atom. The van der Waals surface area contributed by atoms with Gasteiger partial charge < -0.3 is 10.1 Å². The molecule has 0 spiro atoms. The number of piperazine rings is 1. The van der Waals surface area contributed by atoms with Crippen molar-refractivity contribution in [2.45, 2.75) is 38.0 Å². The zero-order valence-electron chi connectivity index (χ0n) is 8.62. The van der Waals surface area contributed by atoms with Crippen molar-refractivity contribution in [2.75, 3.05) is 26.7 Å². The van der Waals surface area contributed by atoms with E-state index in [0.717, 1.165) is 19.1 Å². The van der Waals surface area contributed by atoms with E-state index < -0.39 is 0 Å². The number of rotatable bonds is 2. The molecule has 0 radical (unpaired) electrons. The molecule has 3 heteroatoms. The van der Waals surface area contributed by atoms with Gasteiger partial charge in [0.05, 0.1) is 6.10 Å². The molecule has 2 rings (SSSR count). The molecule has 0 aromatic heterocycles. The van der Waals surface area contributed by atoms with Crippen LogP contribution in [0.3, 0.4) is 0 Å². The highest BCUT2D eigenvalue weighted by Gasteiger charge is 2.36. The number of hydrogen-bond donors (Lipinski definition) is 1. The second-order valence-electron chi connectivity index (χ2n) is 4.27. The van der Waals surface area contributed by atoms with Crippen LogP contribution in [0.5, 0.6) is 0 Å². The SMILES string of the molecule is COC1CC(N2CCNCC2C)C1. The summed E-state index contributed by atoms with van der Waals surface area (Å²) in [6, 6.07) is 1.50. The van der Waals surface area contributed by atoms with Gasteiger partial charge in [0, 0.05) is 38.8 Å². The summed E-state index contributed by atoms with van der Waals surface area (Å²) >= 11 is 0. The van der Waals surface area contributed by atoms with Gasteiger partial charge in [-0.3, -0.25) is 4.90 Å². The van der Waals surface area contributed by atoms with Crippen LogP contribution in [0.2, 0.25) is 0 Å². The van der Waals surface area contributed by atoms with Gasteiger partial charge >= 0.3 is 0 Å². The van der Waals surface area contributed by atoms with Crippen LogP contribution in [0.4, 0.5) is 0 Å². The fourth-order valence-corrected chi connectivity index (χ4v) is 2.40. The predicted octanol–water partition coefficient (Wildman–Crippen LogP) is 0.457. The molecule has 2 fully saturated rings. The van der Waals surface area contributed by atoms with Gasteiger partial charge in [0.2, 0.25) is 0 Å². The lowest BCUT2D eigenvalue weighted by Gasteiger charge is -2.47. The van der Waals surface area contributed by atoms with E-state index in [9.17, 15) is 0 Å². The summed E-state index contributed by atoms with van der Waals surface area (Å²) in [6.07, 6.45) is 3.01. The number of nitrogens with one attached hydrogen (secondary N) is 1. The zero-order valence-corrected chi connectivity index (χ0v) is 8.62. The van der Waals surface area contributed by atoms with Gasteiger partial charge in [-0.15, -0.1) is 0 Å². The van der Waals surface area contributed by atoms with Gasteiger partial charge in [-0.05, 0) is 19.8 Å². The second-order valence-corrected chi connectivity index (χ2v) is 4.27. The van der Waals surface area contributed by atoms with Gasteiger partial charge in [0.1, 0.15) is 0 Å². The molecule has 0 bridgehead atoms. The van der Waals surface area contributed by atoms with Crippen molar-refractivity contribution in [1.29, 1.82) is 0 Å². The van der Waals surface area contributed by atoms with Crippen molar-refractivity contribution < 1.29 is 4.74 Å². The minimum Gasteiger partial charge on any atom is -0.381 e. The number of nitrogens with zero attached hydrogens (tertiary/aromatic N) is 1. The van der Waals surface area contributed by atoms with Crippen molar-refractivity contribution in [2.24, 2.45) is 0 Å². The van der Waals surface area contributed by atoms with Crippen molar-refractivity contribution in [3.8, 4) is 0 Å². The van der Waals surface area contributed by atoms with Gasteiger partial charge in [-0.25, -0.2) is 0 Å². The van der Waals surface area contributed by atoms with Gasteiger partial charge in [0.25, 0.3) is 0 Å². The monoisotopic (exact) mass is 184 g/mol. The first-order valence-corrected chi connectivity index (χ1v) is 5.30. The lowest BCUT2D eigenvalue weighted by Crippen LogP contribution is -2.58. The number of methoxy groups -OCH3 is 1. The third kappa shape index (κ3) is 1.87. The first-order valence-electron chi connectivity index (χ1n) is 5.30. The van der Waals surface area contributed by atoms with E-state index >= 15 is 0 Å². The molecule has 1 saturated carbocycles. The molecular formula is C10H20N2O. The molecular weight excluding hydrogens is 164 g/mol. The highest BCUT2D eigenvalue weighted by Crippen LogP contribution is 2.29. The smallest absolute Gasteiger partial charge is 0.0601 e. The minimum atomic E-state index is 0.534. The fourth-order valence-electron chi connectivity index (χ4n) is 2.40. The molecule has 1 aliphatic heterocycles. The Balaban J connectivity index is 1.80. The van der Waals surface area contributed by atoms with E-state index in [4.69, 9.17) is 4.74 Å². The molecule has 3 nitrogen and oxygen atoms in total. The lowest BCUT2D eigenvalue weighted by atomic mass is 9.86. The van der Waals surface area contributed by atoms with Gasteiger partial charge in [-0.1, -0.05) is 0 Å². The number of ether oxygens (including phenoxy) is 1. The third-order valence-electron chi connectivity index (χ3n) is 3.42. The standard InChI is InChI=1S/C10H20N2O/c1-8-7-11-3-4-12(8)9-5-10(6-9)13-2/h8-11H,3-7H2,1-2H3. The van der Waals surface area contributed by atoms with Crippen molar-refractivity contribution in [3.05, 3.63) is 0 Å². The van der Waals surface area contributed by atoms with Crippen LogP contribution in [0, 0.1) is 0 Å². The topological polar surface area (TPSA) is 24.5 Å². The fraction of sp³-hybridized carbons (Fsp3) is 1.00. The summed E-state index contributed by atoms with van der Waals surface area (Å²) in [7, 11) is 1.82. The highest BCUT2D eigenvalue weighted by molar-refractivity contribution is 4.92. The molecule has 1 heterocycles. The first-order chi connectivity index (χ1) is 6.31. The van der Waals surface area contributed by atoms with Crippen LogP contribution in [-0.4, -0.2) is 49.8 Å². The quantitative estimate of drug-likeness (QED) is 0.674. The summed E-state index contributed by atoms with van der Waals surface area (Å²) in [5.41, 5.74) is 0. The van der Waals surface area contributed by atoms with E-state index in [1.54, 1.807) is 0 Å². The predicted molar refractivity (Wildman–Crippen MR) is 52.9 cm³/mol. The molecule has 1 saturated heterocycles. The molecule has 1 aliphatic carbocycles. The Kier molecular flexibility index (Phi) is 2.86. The Labute approximate surface area is 80.4 Å². The van der Waals surface area contributed by atoms with Crippen LogP contribution < -0.4 is 5.32 Å². The third-order valence-corrected chi connectivity index (χ3v) is 3.42. The summed E-state index contributed by atoms with van der Waals surface area (Å²) in [5.74, 6) is 0. The van der Waals surface area contributed by atoms with Crippen molar-refractivity contribution in [1.82, 2.24) is 10.2 Å². The molecule has 1 unspecified atom stereocenters. The van der Waals surface area contributed by atoms with Crippen LogP contribution in [0.25, 0.3) is 0 Å². The molecule has 0 aromatic rings. The number of hydrogen-bond acceptors (Lipinski definition) is 3. The van der Waals surface area contributed by atoms with E-state index in [1.165, 1.54) is 19.4 Å². The maximum absolute atomic E-state index is 5.30. The molecule has 1 N–H and O–H groups in total. The molecule has 1 atom stereocenters. The summed E-state index contributed by atoms with van der Waals surface area (Å²) < 4.78 is 5.30. The average Bonchev–Trinajstić information content (AvgIpc) is 2.06. The Hall–Kier alpha value is -0.120. The van der Waals surface area contributed by atoms with E-state index in [2.05, 4.69) is 17.1 Å². The second kappa shape index (κ2) is 3.95. The van der Waals surface area contributed by atoms with Gasteiger partial charge in [-0.2, -0.15) is 0 Å². The van der Waals surface area contributed by atoms with E-state index in [-0.39, 0.29) is 0 Å². The maximum atomic E-state index is 5.30. The van der Waals surface area contributed by atoms with Crippen molar-refractivity contribution >= 4 is 0 Å². The van der Waals surface area contributed by atoms with Gasteiger partial charge in [0.15, 0.2) is 0 Å². The maximum Gasteiger partial charge on any atom is 0.0601 e. The molecule has 13 heavy (non-hydrogen) atoms. The van der Waals surface area contributed by atoms with E-state index in [1.807, 2.05) is 7.11 Å². The molecule has 0 aromatic carbocycles. The average molecular weight is 184 g/mol. The van der Waals surface area contributed by atoms with Crippen LogP contribution >= 0.6 is 0 Å². The molecule has 2 aliphatic rings. The van der Waals surface area contributed by atoms with Crippen LogP contribution in [0.1, 0.15) is 19.8 Å². The highest BCUT2D eigenvalue weighted by atomic mass is 16.5.